The van der Waals surface area contributed by atoms with Crippen LogP contribution in [0.1, 0.15) is 40.9 Å². The van der Waals surface area contributed by atoms with E-state index in [0.717, 1.165) is 48.2 Å². The first-order valence-electron chi connectivity index (χ1n) is 9.72. The van der Waals surface area contributed by atoms with Gasteiger partial charge in [-0.05, 0) is 43.9 Å². The number of anilines is 1. The average molecular weight is 413 g/mol. The summed E-state index contributed by atoms with van der Waals surface area (Å²) in [4.78, 5) is 27.2. The van der Waals surface area contributed by atoms with Crippen molar-refractivity contribution in [2.45, 2.75) is 38.3 Å². The molecule has 2 fully saturated rings. The van der Waals surface area contributed by atoms with Crippen molar-refractivity contribution in [1.29, 1.82) is 0 Å². The summed E-state index contributed by atoms with van der Waals surface area (Å²) in [6.07, 6.45) is 6.17. The van der Waals surface area contributed by atoms with Gasteiger partial charge < -0.3 is 9.80 Å². The summed E-state index contributed by atoms with van der Waals surface area (Å²) in [6, 6.07) is 8.32. The number of thiazole rings is 1. The molecule has 3 heterocycles. The summed E-state index contributed by atoms with van der Waals surface area (Å²) in [7, 11) is 0. The van der Waals surface area contributed by atoms with Crippen molar-refractivity contribution in [2.24, 2.45) is 0 Å². The van der Waals surface area contributed by atoms with Crippen molar-refractivity contribution in [1.82, 2.24) is 14.9 Å². The third-order valence-corrected chi connectivity index (χ3v) is 6.47. The van der Waals surface area contributed by atoms with Crippen LogP contribution in [0.2, 0.25) is 5.02 Å². The standard InChI is InChI=1S/C21H21ClN4OS/c22-16-4-3-14-9-15(20(24-18(14)10-16)25-7-1-2-8-25)12-26(17-5-6-17)21(27)19-11-23-13-28-19/h3-4,9-11,13,17H,1-2,5-8,12H2. The number of hydrogen-bond acceptors (Lipinski definition) is 5. The van der Waals surface area contributed by atoms with Crippen LogP contribution in [0.15, 0.2) is 36.0 Å². The zero-order chi connectivity index (χ0) is 19.1. The number of fused-ring (bicyclic) bond motifs is 1. The summed E-state index contributed by atoms with van der Waals surface area (Å²) in [5.74, 6) is 1.07. The Balaban J connectivity index is 1.55. The molecule has 0 bridgehead atoms. The Hall–Kier alpha value is -2.18. The number of pyridine rings is 1. The Bertz CT molecular complexity index is 1010. The average Bonchev–Trinajstić information content (AvgIpc) is 3.17. The van der Waals surface area contributed by atoms with Gasteiger partial charge in [0.05, 0.1) is 17.2 Å². The second-order valence-corrected chi connectivity index (χ2v) is 8.85. The molecule has 5 nitrogen and oxygen atoms in total. The summed E-state index contributed by atoms with van der Waals surface area (Å²) in [5, 5.41) is 1.75. The van der Waals surface area contributed by atoms with Gasteiger partial charge in [0.25, 0.3) is 5.91 Å². The number of nitrogens with zero attached hydrogens (tertiary/aromatic N) is 4. The molecule has 1 saturated carbocycles. The fourth-order valence-corrected chi connectivity index (χ4v) is 4.63. The van der Waals surface area contributed by atoms with Gasteiger partial charge in [0.1, 0.15) is 10.7 Å². The molecule has 0 spiro atoms. The van der Waals surface area contributed by atoms with Crippen LogP contribution < -0.4 is 4.90 Å². The van der Waals surface area contributed by atoms with Gasteiger partial charge in [0, 0.05) is 41.6 Å². The molecule has 0 radical (unpaired) electrons. The van der Waals surface area contributed by atoms with E-state index in [0.29, 0.717) is 22.5 Å². The van der Waals surface area contributed by atoms with Gasteiger partial charge in [0.2, 0.25) is 0 Å². The van der Waals surface area contributed by atoms with Gasteiger partial charge in [-0.2, -0.15) is 0 Å². The van der Waals surface area contributed by atoms with Crippen molar-refractivity contribution in [3.8, 4) is 0 Å². The van der Waals surface area contributed by atoms with E-state index in [9.17, 15) is 4.79 Å². The first kappa shape index (κ1) is 17.9. The normalized spacial score (nSPS) is 16.7. The van der Waals surface area contributed by atoms with E-state index in [1.54, 1.807) is 11.7 Å². The lowest BCUT2D eigenvalue weighted by Crippen LogP contribution is -2.33. The fraction of sp³-hybridized carbons (Fsp3) is 0.381. The number of rotatable bonds is 5. The maximum Gasteiger partial charge on any atom is 0.266 e. The van der Waals surface area contributed by atoms with Crippen LogP contribution in [0.5, 0.6) is 0 Å². The SMILES string of the molecule is O=C(c1cncs1)N(Cc1cc2ccc(Cl)cc2nc1N1CCCC1)C1CC1. The molecule has 2 aliphatic rings. The number of aromatic nitrogens is 2. The van der Waals surface area contributed by atoms with E-state index in [1.807, 2.05) is 23.1 Å². The summed E-state index contributed by atoms with van der Waals surface area (Å²) < 4.78 is 0. The number of hydrogen-bond donors (Lipinski definition) is 0. The number of halogens is 1. The van der Waals surface area contributed by atoms with Crippen molar-refractivity contribution < 1.29 is 4.79 Å². The number of carbonyl (C=O) groups is 1. The monoisotopic (exact) mass is 412 g/mol. The smallest absolute Gasteiger partial charge is 0.266 e. The van der Waals surface area contributed by atoms with Crippen LogP contribution >= 0.6 is 22.9 Å². The molecule has 3 aromatic rings. The fourth-order valence-electron chi connectivity index (χ4n) is 3.89. The molecule has 1 aliphatic heterocycles. The molecule has 1 saturated heterocycles. The van der Waals surface area contributed by atoms with Gasteiger partial charge in [-0.25, -0.2) is 4.98 Å². The van der Waals surface area contributed by atoms with E-state index in [-0.39, 0.29) is 5.91 Å². The number of benzene rings is 1. The maximum absolute atomic E-state index is 13.1. The maximum atomic E-state index is 13.1. The van der Waals surface area contributed by atoms with Crippen LogP contribution in [0, 0.1) is 0 Å². The van der Waals surface area contributed by atoms with Gasteiger partial charge in [-0.1, -0.05) is 17.7 Å². The molecular formula is C21H21ClN4OS. The molecule has 1 aliphatic carbocycles. The predicted molar refractivity (Wildman–Crippen MR) is 113 cm³/mol. The molecule has 0 N–H and O–H groups in total. The highest BCUT2D eigenvalue weighted by atomic mass is 35.5. The third kappa shape index (κ3) is 3.47. The van der Waals surface area contributed by atoms with Gasteiger partial charge >= 0.3 is 0 Å². The largest absolute Gasteiger partial charge is 0.356 e. The highest BCUT2D eigenvalue weighted by Gasteiger charge is 2.34. The Labute approximate surface area is 173 Å². The molecule has 1 aromatic carbocycles. The summed E-state index contributed by atoms with van der Waals surface area (Å²) in [5.41, 5.74) is 3.74. The zero-order valence-electron chi connectivity index (χ0n) is 15.5. The van der Waals surface area contributed by atoms with Gasteiger partial charge in [-0.3, -0.25) is 9.78 Å². The molecule has 0 atom stereocenters. The van der Waals surface area contributed by atoms with E-state index >= 15 is 0 Å². The minimum atomic E-state index is 0.0774. The van der Waals surface area contributed by atoms with Gasteiger partial charge in [-0.15, -0.1) is 11.3 Å². The Kier molecular flexibility index (Phi) is 4.69. The number of carbonyl (C=O) groups excluding carboxylic acids is 1. The molecule has 1 amide bonds. The van der Waals surface area contributed by atoms with Crippen molar-refractivity contribution in [3.63, 3.8) is 0 Å². The lowest BCUT2D eigenvalue weighted by molar-refractivity contribution is 0.0735. The Morgan fingerprint density at radius 2 is 2.07 bits per heavy atom. The molecule has 7 heteroatoms. The minimum Gasteiger partial charge on any atom is -0.356 e. The predicted octanol–water partition coefficient (Wildman–Crippen LogP) is 4.75. The minimum absolute atomic E-state index is 0.0774. The molecule has 28 heavy (non-hydrogen) atoms. The highest BCUT2D eigenvalue weighted by Crippen LogP contribution is 2.34. The van der Waals surface area contributed by atoms with Crippen molar-refractivity contribution >= 4 is 45.6 Å². The molecule has 0 unspecified atom stereocenters. The second kappa shape index (κ2) is 7.33. The van der Waals surface area contributed by atoms with E-state index in [2.05, 4.69) is 16.0 Å². The lowest BCUT2D eigenvalue weighted by atomic mass is 10.1. The summed E-state index contributed by atoms with van der Waals surface area (Å²) in [6.45, 7) is 2.61. The summed E-state index contributed by atoms with van der Waals surface area (Å²) >= 11 is 7.60. The zero-order valence-corrected chi connectivity index (χ0v) is 17.0. The molecule has 5 rings (SSSR count). The quantitative estimate of drug-likeness (QED) is 0.606. The molecule has 2 aromatic heterocycles. The van der Waals surface area contributed by atoms with E-state index in [4.69, 9.17) is 16.6 Å². The van der Waals surface area contributed by atoms with Crippen LogP contribution in [-0.2, 0) is 6.54 Å². The van der Waals surface area contributed by atoms with Gasteiger partial charge in [0.15, 0.2) is 0 Å². The molecule has 144 valence electrons. The van der Waals surface area contributed by atoms with Crippen LogP contribution in [0.3, 0.4) is 0 Å². The number of amides is 1. The van der Waals surface area contributed by atoms with E-state index in [1.165, 1.54) is 24.2 Å². The first-order valence-corrected chi connectivity index (χ1v) is 11.0. The van der Waals surface area contributed by atoms with E-state index < -0.39 is 0 Å². The van der Waals surface area contributed by atoms with Crippen molar-refractivity contribution in [2.75, 3.05) is 18.0 Å². The van der Waals surface area contributed by atoms with Crippen LogP contribution in [0.25, 0.3) is 10.9 Å². The van der Waals surface area contributed by atoms with Crippen molar-refractivity contribution in [3.05, 3.63) is 51.4 Å². The third-order valence-electron chi connectivity index (χ3n) is 5.47. The highest BCUT2D eigenvalue weighted by molar-refractivity contribution is 7.11. The Morgan fingerprint density at radius 1 is 1.25 bits per heavy atom. The molecular weight excluding hydrogens is 392 g/mol. The van der Waals surface area contributed by atoms with Crippen LogP contribution in [0.4, 0.5) is 5.82 Å². The Morgan fingerprint density at radius 3 is 2.79 bits per heavy atom. The van der Waals surface area contributed by atoms with Crippen LogP contribution in [-0.4, -0.2) is 39.9 Å². The first-order chi connectivity index (χ1) is 13.7. The second-order valence-electron chi connectivity index (χ2n) is 7.53. The topological polar surface area (TPSA) is 49.3 Å². The lowest BCUT2D eigenvalue weighted by Gasteiger charge is -2.26.